The fourth-order valence-corrected chi connectivity index (χ4v) is 1.61. The number of amides is 1. The number of carbonyl (C=O) groups excluding carboxylic acids is 1. The van der Waals surface area contributed by atoms with Crippen molar-refractivity contribution < 1.29 is 4.79 Å². The van der Waals surface area contributed by atoms with E-state index in [1.807, 2.05) is 18.7 Å². The van der Waals surface area contributed by atoms with Crippen LogP contribution in [0.4, 0.5) is 0 Å². The number of rotatable bonds is 3. The van der Waals surface area contributed by atoms with Gasteiger partial charge in [0.05, 0.1) is 0 Å². The van der Waals surface area contributed by atoms with Gasteiger partial charge in [0.1, 0.15) is 0 Å². The molecule has 1 aliphatic rings. The number of nitrogens with zero attached hydrogens (tertiary/aromatic N) is 1. The summed E-state index contributed by atoms with van der Waals surface area (Å²) in [5.74, 6) is 2.86. The third-order valence-electron chi connectivity index (χ3n) is 4.44. The lowest BCUT2D eigenvalue weighted by molar-refractivity contribution is -0.130. The standard InChI is InChI=1S/C8H15NO.C6H14.C5H12.C2H6/c1-7-3-5-9(6-4-7)8(2)10;1-4-6(3)5-2;1-4-5(2)3;1-2/h7H,3-6H2,1-2H3;6H,4-5H2,1-3H3;5H,4H2,1-3H3;1-2H3. The Morgan fingerprint density at radius 3 is 1.48 bits per heavy atom. The molecular formula is C21H47NO. The van der Waals surface area contributed by atoms with Crippen molar-refractivity contribution in [2.24, 2.45) is 17.8 Å². The molecule has 1 heterocycles. The number of piperidine rings is 1. The minimum Gasteiger partial charge on any atom is -0.343 e. The molecule has 142 valence electrons. The monoisotopic (exact) mass is 329 g/mol. The molecule has 0 atom stereocenters. The normalized spacial score (nSPS) is 14.2. The van der Waals surface area contributed by atoms with Crippen LogP contribution in [0.5, 0.6) is 0 Å². The molecule has 0 aliphatic carbocycles. The number of hydrogen-bond acceptors (Lipinski definition) is 1. The molecule has 0 saturated carbocycles. The van der Waals surface area contributed by atoms with Gasteiger partial charge in [-0.3, -0.25) is 4.79 Å². The maximum absolute atomic E-state index is 10.8. The Kier molecular flexibility index (Phi) is 23.2. The second-order valence-corrected chi connectivity index (χ2v) is 6.91. The molecule has 0 N–H and O–H groups in total. The molecule has 0 aromatic heterocycles. The Balaban J connectivity index is -0.000000267. The minimum absolute atomic E-state index is 0.229. The van der Waals surface area contributed by atoms with Gasteiger partial charge in [0.2, 0.25) is 5.91 Å². The zero-order valence-corrected chi connectivity index (χ0v) is 18.0. The molecule has 1 aliphatic heterocycles. The van der Waals surface area contributed by atoms with Crippen LogP contribution >= 0.6 is 0 Å². The van der Waals surface area contributed by atoms with E-state index in [2.05, 4.69) is 48.5 Å². The number of carbonyl (C=O) groups is 1. The van der Waals surface area contributed by atoms with Gasteiger partial charge in [0.15, 0.2) is 0 Å². The van der Waals surface area contributed by atoms with Crippen molar-refractivity contribution in [1.29, 1.82) is 0 Å². The van der Waals surface area contributed by atoms with Gasteiger partial charge in [0.25, 0.3) is 0 Å². The number of likely N-dealkylation sites (tertiary alicyclic amines) is 1. The van der Waals surface area contributed by atoms with Crippen LogP contribution in [0.1, 0.15) is 101 Å². The number of hydrogen-bond donors (Lipinski definition) is 0. The zero-order chi connectivity index (χ0) is 18.8. The van der Waals surface area contributed by atoms with Crippen molar-refractivity contribution >= 4 is 5.91 Å². The highest BCUT2D eigenvalue weighted by Gasteiger charge is 2.16. The van der Waals surface area contributed by atoms with E-state index >= 15 is 0 Å². The van der Waals surface area contributed by atoms with Gasteiger partial charge in [-0.1, -0.05) is 81.6 Å². The predicted molar refractivity (Wildman–Crippen MR) is 107 cm³/mol. The van der Waals surface area contributed by atoms with Crippen LogP contribution in [-0.4, -0.2) is 23.9 Å². The molecule has 1 fully saturated rings. The Bertz CT molecular complexity index is 226. The summed E-state index contributed by atoms with van der Waals surface area (Å²) in [7, 11) is 0. The van der Waals surface area contributed by atoms with E-state index < -0.39 is 0 Å². The molecule has 0 unspecified atom stereocenters. The van der Waals surface area contributed by atoms with Gasteiger partial charge in [0, 0.05) is 20.0 Å². The summed E-state index contributed by atoms with van der Waals surface area (Å²) in [5, 5.41) is 0. The van der Waals surface area contributed by atoms with Gasteiger partial charge in [-0.2, -0.15) is 0 Å². The minimum atomic E-state index is 0.229. The van der Waals surface area contributed by atoms with Gasteiger partial charge in [-0.05, 0) is 30.6 Å². The van der Waals surface area contributed by atoms with Crippen molar-refractivity contribution in [3.05, 3.63) is 0 Å². The molecule has 2 nitrogen and oxygen atoms in total. The molecule has 23 heavy (non-hydrogen) atoms. The first-order chi connectivity index (χ1) is 10.8. The fourth-order valence-electron chi connectivity index (χ4n) is 1.61. The maximum atomic E-state index is 10.8. The smallest absolute Gasteiger partial charge is 0.219 e. The van der Waals surface area contributed by atoms with E-state index in [0.717, 1.165) is 30.8 Å². The summed E-state index contributed by atoms with van der Waals surface area (Å²) in [4.78, 5) is 12.8. The summed E-state index contributed by atoms with van der Waals surface area (Å²) in [6, 6.07) is 0. The second kappa shape index (κ2) is 19.5. The maximum Gasteiger partial charge on any atom is 0.219 e. The summed E-state index contributed by atoms with van der Waals surface area (Å²) in [6.45, 7) is 23.2. The lowest BCUT2D eigenvalue weighted by Crippen LogP contribution is -2.36. The van der Waals surface area contributed by atoms with E-state index in [9.17, 15) is 4.79 Å². The fraction of sp³-hybridized carbons (Fsp3) is 0.952. The summed E-state index contributed by atoms with van der Waals surface area (Å²) in [5.41, 5.74) is 0. The third-order valence-corrected chi connectivity index (χ3v) is 4.44. The zero-order valence-electron chi connectivity index (χ0n) is 18.0. The highest BCUT2D eigenvalue weighted by atomic mass is 16.2. The second-order valence-electron chi connectivity index (χ2n) is 6.91. The Labute approximate surface area is 148 Å². The average Bonchev–Trinajstić information content (AvgIpc) is 2.57. The Hall–Kier alpha value is -0.530. The van der Waals surface area contributed by atoms with Crippen LogP contribution in [0.25, 0.3) is 0 Å². The van der Waals surface area contributed by atoms with Crippen LogP contribution in [-0.2, 0) is 4.79 Å². The van der Waals surface area contributed by atoms with Crippen LogP contribution in [0.2, 0.25) is 0 Å². The summed E-state index contributed by atoms with van der Waals surface area (Å²) >= 11 is 0. The molecule has 0 aromatic carbocycles. The topological polar surface area (TPSA) is 20.3 Å². The van der Waals surface area contributed by atoms with Gasteiger partial charge in [-0.25, -0.2) is 0 Å². The van der Waals surface area contributed by atoms with Crippen molar-refractivity contribution in [2.75, 3.05) is 13.1 Å². The van der Waals surface area contributed by atoms with Gasteiger partial charge < -0.3 is 4.90 Å². The highest BCUT2D eigenvalue weighted by molar-refractivity contribution is 5.73. The molecule has 2 heteroatoms. The molecule has 1 saturated heterocycles. The van der Waals surface area contributed by atoms with E-state index in [-0.39, 0.29) is 5.91 Å². The van der Waals surface area contributed by atoms with E-state index in [1.165, 1.54) is 32.1 Å². The van der Waals surface area contributed by atoms with Crippen LogP contribution in [0.3, 0.4) is 0 Å². The van der Waals surface area contributed by atoms with E-state index in [0.29, 0.717) is 0 Å². The molecular weight excluding hydrogens is 282 g/mol. The Morgan fingerprint density at radius 2 is 1.30 bits per heavy atom. The molecule has 0 spiro atoms. The molecule has 1 amide bonds. The average molecular weight is 330 g/mol. The molecule has 0 aromatic rings. The summed E-state index contributed by atoms with van der Waals surface area (Å²) < 4.78 is 0. The molecule has 0 bridgehead atoms. The molecule has 0 radical (unpaired) electrons. The van der Waals surface area contributed by atoms with Crippen LogP contribution < -0.4 is 0 Å². The third kappa shape index (κ3) is 21.5. The lowest BCUT2D eigenvalue weighted by atomic mass is 9.99. The first-order valence-corrected chi connectivity index (χ1v) is 10.0. The van der Waals surface area contributed by atoms with Gasteiger partial charge in [-0.15, -0.1) is 0 Å². The van der Waals surface area contributed by atoms with E-state index in [4.69, 9.17) is 0 Å². The van der Waals surface area contributed by atoms with Gasteiger partial charge >= 0.3 is 0 Å². The van der Waals surface area contributed by atoms with Crippen molar-refractivity contribution in [1.82, 2.24) is 4.90 Å². The van der Waals surface area contributed by atoms with Crippen molar-refractivity contribution in [3.63, 3.8) is 0 Å². The first-order valence-electron chi connectivity index (χ1n) is 10.0. The quantitative estimate of drug-likeness (QED) is 0.558. The van der Waals surface area contributed by atoms with Crippen LogP contribution in [0.15, 0.2) is 0 Å². The predicted octanol–water partition coefficient (Wildman–Crippen LogP) is 6.79. The SMILES string of the molecule is CC.CC(=O)N1CCC(C)CC1.CCC(C)C.CCC(C)CC. The summed E-state index contributed by atoms with van der Waals surface area (Å²) in [6.07, 6.45) is 6.33. The molecule has 1 rings (SSSR count). The largest absolute Gasteiger partial charge is 0.343 e. The highest BCUT2D eigenvalue weighted by Crippen LogP contribution is 2.15. The van der Waals surface area contributed by atoms with Crippen LogP contribution in [0, 0.1) is 17.8 Å². The van der Waals surface area contributed by atoms with Crippen molar-refractivity contribution in [3.8, 4) is 0 Å². The van der Waals surface area contributed by atoms with Crippen molar-refractivity contribution in [2.45, 2.75) is 101 Å². The lowest BCUT2D eigenvalue weighted by Gasteiger charge is -2.29. The van der Waals surface area contributed by atoms with E-state index in [1.54, 1.807) is 6.92 Å². The first kappa shape index (κ1) is 27.3. The Morgan fingerprint density at radius 1 is 0.957 bits per heavy atom.